The van der Waals surface area contributed by atoms with Crippen LogP contribution in [0.2, 0.25) is 0 Å². The molecule has 0 heterocycles. The van der Waals surface area contributed by atoms with E-state index in [-0.39, 0.29) is 5.41 Å². The molecule has 3 aliphatic carbocycles. The van der Waals surface area contributed by atoms with E-state index in [4.69, 9.17) is 0 Å². The van der Waals surface area contributed by atoms with E-state index >= 15 is 0 Å². The lowest BCUT2D eigenvalue weighted by atomic mass is 9.79. The van der Waals surface area contributed by atoms with Gasteiger partial charge in [-0.1, -0.05) is 159 Å². The molecule has 3 aliphatic rings. The van der Waals surface area contributed by atoms with Gasteiger partial charge in [0.05, 0.1) is 0 Å². The zero-order chi connectivity index (χ0) is 36.9. The normalized spacial score (nSPS) is 15.3. The third-order valence-corrected chi connectivity index (χ3v) is 12.0. The van der Waals surface area contributed by atoms with E-state index in [1.165, 1.54) is 77.6 Å². The van der Waals surface area contributed by atoms with E-state index < -0.39 is 0 Å². The molecule has 0 unspecified atom stereocenters. The molecule has 0 atom stereocenters. The van der Waals surface area contributed by atoms with E-state index in [0.29, 0.717) is 0 Å². The van der Waals surface area contributed by atoms with Crippen molar-refractivity contribution in [3.63, 3.8) is 0 Å². The lowest BCUT2D eigenvalue weighted by Crippen LogP contribution is -2.16. The van der Waals surface area contributed by atoms with Gasteiger partial charge in [-0.05, 0) is 139 Å². The predicted molar refractivity (Wildman–Crippen MR) is 235 cm³/mol. The summed E-state index contributed by atoms with van der Waals surface area (Å²) >= 11 is 0. The fourth-order valence-electron chi connectivity index (χ4n) is 9.11. The lowest BCUT2D eigenvalue weighted by Gasteiger charge is -2.26. The molecular weight excluding hydrogens is 663 g/mol. The van der Waals surface area contributed by atoms with Crippen molar-refractivity contribution in [3.8, 4) is 33.4 Å². The maximum absolute atomic E-state index is 2.44. The molecule has 0 spiro atoms. The maximum atomic E-state index is 2.44. The highest BCUT2D eigenvalue weighted by Gasteiger charge is 2.39. The van der Waals surface area contributed by atoms with Gasteiger partial charge in [0, 0.05) is 22.5 Å². The summed E-state index contributed by atoms with van der Waals surface area (Å²) in [4.78, 5) is 2.37. The van der Waals surface area contributed by atoms with Crippen LogP contribution < -0.4 is 4.90 Å². The highest BCUT2D eigenvalue weighted by Crippen LogP contribution is 2.55. The van der Waals surface area contributed by atoms with Crippen LogP contribution in [0.3, 0.4) is 0 Å². The third-order valence-electron chi connectivity index (χ3n) is 12.0. The number of allylic oxidation sites excluding steroid dienone is 8. The minimum Gasteiger partial charge on any atom is -0.311 e. The van der Waals surface area contributed by atoms with Crippen LogP contribution in [0.5, 0.6) is 0 Å². The number of benzene rings is 7. The molecule has 1 heteroatoms. The van der Waals surface area contributed by atoms with Gasteiger partial charge in [-0.3, -0.25) is 0 Å². The molecule has 0 fully saturated rings. The zero-order valence-electron chi connectivity index (χ0n) is 31.5. The van der Waals surface area contributed by atoms with Crippen LogP contribution in [0.1, 0.15) is 49.8 Å². The van der Waals surface area contributed by atoms with Crippen LogP contribution in [0.25, 0.3) is 55.3 Å². The zero-order valence-corrected chi connectivity index (χ0v) is 31.5. The van der Waals surface area contributed by atoms with Crippen molar-refractivity contribution in [2.75, 3.05) is 4.90 Å². The monoisotopic (exact) mass is 705 g/mol. The van der Waals surface area contributed by atoms with E-state index in [1.807, 2.05) is 0 Å². The minimum absolute atomic E-state index is 0.00252. The standard InChI is InChI=1S/C54H43N/c1-54(2)50-19-11-18-49(50)53-51(54)36-44-16-9-10-17-48(44)52(53)43-22-20-39(21-23-43)42-28-34-47(35-29-42)55(45-30-24-40(25-31-45)37-12-5-3-6-13-37)46-32-26-41(27-33-46)38-14-7-4-8-15-38/h3-7,9-14,16-17,19-36H,8,15,18H2,1-2H3. The number of rotatable bonds is 7. The van der Waals surface area contributed by atoms with Crippen LogP contribution in [0.4, 0.5) is 17.1 Å². The Morgan fingerprint density at radius 3 is 1.67 bits per heavy atom. The van der Waals surface area contributed by atoms with Gasteiger partial charge in [0.2, 0.25) is 0 Å². The summed E-state index contributed by atoms with van der Waals surface area (Å²) in [6.45, 7) is 4.77. The summed E-state index contributed by atoms with van der Waals surface area (Å²) in [6.07, 6.45) is 14.6. The van der Waals surface area contributed by atoms with E-state index in [1.54, 1.807) is 0 Å². The van der Waals surface area contributed by atoms with Gasteiger partial charge in [0.25, 0.3) is 0 Å². The number of hydrogen-bond donors (Lipinski definition) is 0. The molecule has 0 saturated carbocycles. The Morgan fingerprint density at radius 1 is 0.509 bits per heavy atom. The molecule has 0 saturated heterocycles. The summed E-state index contributed by atoms with van der Waals surface area (Å²) in [5, 5.41) is 2.64. The first-order valence-electron chi connectivity index (χ1n) is 19.6. The second-order valence-electron chi connectivity index (χ2n) is 15.6. The number of hydrogen-bond acceptors (Lipinski definition) is 1. The van der Waals surface area contributed by atoms with Crippen LogP contribution in [0, 0.1) is 0 Å². The molecule has 264 valence electrons. The molecule has 0 aromatic heterocycles. The van der Waals surface area contributed by atoms with E-state index in [9.17, 15) is 0 Å². The molecule has 0 N–H and O–H groups in total. The molecule has 0 radical (unpaired) electrons. The first-order valence-corrected chi connectivity index (χ1v) is 19.6. The van der Waals surface area contributed by atoms with Crippen molar-refractivity contribution in [2.24, 2.45) is 0 Å². The Labute approximate surface area is 324 Å². The third kappa shape index (κ3) is 5.79. The summed E-state index contributed by atoms with van der Waals surface area (Å²) in [5.41, 5.74) is 19.5. The minimum atomic E-state index is 0.00252. The Bertz CT molecular complexity index is 2680. The van der Waals surface area contributed by atoms with Crippen molar-refractivity contribution < 1.29 is 0 Å². The van der Waals surface area contributed by atoms with Crippen LogP contribution in [0.15, 0.2) is 194 Å². The Hall–Kier alpha value is -6.44. The molecule has 10 rings (SSSR count). The smallest absolute Gasteiger partial charge is 0.0462 e. The van der Waals surface area contributed by atoms with Gasteiger partial charge in [0.15, 0.2) is 0 Å². The van der Waals surface area contributed by atoms with Crippen LogP contribution in [-0.2, 0) is 5.41 Å². The van der Waals surface area contributed by atoms with Gasteiger partial charge in [-0.2, -0.15) is 0 Å². The Balaban J connectivity index is 0.997. The molecule has 7 aromatic rings. The number of nitrogens with zero attached hydrogens (tertiary/aromatic N) is 1. The van der Waals surface area contributed by atoms with Crippen molar-refractivity contribution in [1.82, 2.24) is 0 Å². The van der Waals surface area contributed by atoms with Gasteiger partial charge in [0.1, 0.15) is 0 Å². The summed E-state index contributed by atoms with van der Waals surface area (Å²) in [6, 6.07) is 58.3. The average Bonchev–Trinajstić information content (AvgIpc) is 3.83. The Kier molecular flexibility index (Phi) is 8.11. The lowest BCUT2D eigenvalue weighted by molar-refractivity contribution is 0.656. The summed E-state index contributed by atoms with van der Waals surface area (Å²) in [7, 11) is 0. The van der Waals surface area contributed by atoms with Gasteiger partial charge in [-0.15, -0.1) is 0 Å². The first kappa shape index (κ1) is 33.2. The fourth-order valence-corrected chi connectivity index (χ4v) is 9.11. The SMILES string of the molecule is CC1(C)C2=C(CC=C2)c2c1cc1ccccc1c2-c1ccc(-c2ccc(N(c3ccc(C4=CC=CCC4)cc3)c3ccc(-c4ccccc4)cc3)cc2)cc1. The molecule has 0 aliphatic heterocycles. The van der Waals surface area contributed by atoms with Crippen molar-refractivity contribution in [3.05, 3.63) is 210 Å². The predicted octanol–water partition coefficient (Wildman–Crippen LogP) is 15.0. The topological polar surface area (TPSA) is 3.24 Å². The van der Waals surface area contributed by atoms with Gasteiger partial charge in [-0.25, -0.2) is 0 Å². The number of fused-ring (bicyclic) bond motifs is 3. The largest absolute Gasteiger partial charge is 0.311 e. The van der Waals surface area contributed by atoms with Gasteiger partial charge >= 0.3 is 0 Å². The summed E-state index contributed by atoms with van der Waals surface area (Å²) in [5.74, 6) is 0. The van der Waals surface area contributed by atoms with Gasteiger partial charge < -0.3 is 4.90 Å². The molecule has 0 bridgehead atoms. The molecular formula is C54H43N. The molecule has 0 amide bonds. The average molecular weight is 706 g/mol. The van der Waals surface area contributed by atoms with E-state index in [2.05, 4.69) is 207 Å². The van der Waals surface area contributed by atoms with Crippen LogP contribution in [-0.4, -0.2) is 0 Å². The first-order chi connectivity index (χ1) is 27.0. The maximum Gasteiger partial charge on any atom is 0.0462 e. The highest BCUT2D eigenvalue weighted by atomic mass is 15.1. The highest BCUT2D eigenvalue weighted by molar-refractivity contribution is 6.07. The molecule has 1 nitrogen and oxygen atoms in total. The van der Waals surface area contributed by atoms with E-state index in [0.717, 1.165) is 36.3 Å². The van der Waals surface area contributed by atoms with Crippen molar-refractivity contribution >= 4 is 39.0 Å². The second-order valence-corrected chi connectivity index (χ2v) is 15.6. The van der Waals surface area contributed by atoms with Crippen LogP contribution >= 0.6 is 0 Å². The van der Waals surface area contributed by atoms with Crippen molar-refractivity contribution in [1.29, 1.82) is 0 Å². The quantitative estimate of drug-likeness (QED) is 0.160. The summed E-state index contributed by atoms with van der Waals surface area (Å²) < 4.78 is 0. The second kappa shape index (κ2) is 13.4. The molecule has 7 aromatic carbocycles. The Morgan fingerprint density at radius 2 is 1.05 bits per heavy atom. The van der Waals surface area contributed by atoms with Crippen molar-refractivity contribution in [2.45, 2.75) is 38.5 Å². The molecule has 55 heavy (non-hydrogen) atoms. The number of anilines is 3. The fraction of sp³-hybridized carbons (Fsp3) is 0.111.